The molecule has 0 aliphatic rings. The summed E-state index contributed by atoms with van der Waals surface area (Å²) in [5, 5.41) is 4.14. The van der Waals surface area contributed by atoms with E-state index >= 15 is 0 Å². The number of hydrogen-bond donors (Lipinski definition) is 2. The molecule has 128 valence electrons. The van der Waals surface area contributed by atoms with Gasteiger partial charge >= 0.3 is 0 Å². The van der Waals surface area contributed by atoms with Crippen molar-refractivity contribution in [3.05, 3.63) is 44.8 Å². The van der Waals surface area contributed by atoms with Gasteiger partial charge in [0.2, 0.25) is 5.91 Å². The zero-order chi connectivity index (χ0) is 17.7. The van der Waals surface area contributed by atoms with E-state index in [-0.39, 0.29) is 12.3 Å². The van der Waals surface area contributed by atoms with Crippen LogP contribution in [0.2, 0.25) is 10.0 Å². The number of nitrogens with one attached hydrogen (secondary N) is 1. The van der Waals surface area contributed by atoms with Crippen LogP contribution >= 0.6 is 34.5 Å². The standard InChI is InChI=1S/C16H16Cl2N2O3S/c1-9-7-11(15(19)22)16(24-9)20-14(21)3-2-6-23-13-5-4-10(17)8-12(13)18/h4-5,7-8H,2-3,6H2,1H3,(H2,19,22)(H,20,21). The van der Waals surface area contributed by atoms with Gasteiger partial charge in [-0.3, -0.25) is 9.59 Å². The fourth-order valence-corrected chi connectivity index (χ4v) is 3.38. The third kappa shape index (κ3) is 5.12. The number of anilines is 1. The van der Waals surface area contributed by atoms with E-state index in [1.165, 1.54) is 11.3 Å². The van der Waals surface area contributed by atoms with Crippen molar-refractivity contribution < 1.29 is 14.3 Å². The number of rotatable bonds is 7. The fraction of sp³-hybridized carbons (Fsp3) is 0.250. The first-order valence-electron chi connectivity index (χ1n) is 7.14. The molecule has 5 nitrogen and oxygen atoms in total. The summed E-state index contributed by atoms with van der Waals surface area (Å²) in [5.41, 5.74) is 5.62. The topological polar surface area (TPSA) is 81.4 Å². The maximum atomic E-state index is 12.0. The zero-order valence-corrected chi connectivity index (χ0v) is 15.2. The molecule has 0 saturated heterocycles. The van der Waals surface area contributed by atoms with Crippen molar-refractivity contribution in [1.82, 2.24) is 0 Å². The van der Waals surface area contributed by atoms with Gasteiger partial charge in [-0.25, -0.2) is 0 Å². The summed E-state index contributed by atoms with van der Waals surface area (Å²) in [6.45, 7) is 2.18. The van der Waals surface area contributed by atoms with E-state index < -0.39 is 5.91 Å². The minimum Gasteiger partial charge on any atom is -0.492 e. The molecular weight excluding hydrogens is 371 g/mol. The van der Waals surface area contributed by atoms with Crippen LogP contribution in [0.3, 0.4) is 0 Å². The number of carbonyl (C=O) groups excluding carboxylic acids is 2. The molecule has 2 aromatic rings. The van der Waals surface area contributed by atoms with Crippen LogP contribution in [0.4, 0.5) is 5.00 Å². The molecule has 2 rings (SSSR count). The second kappa shape index (κ2) is 8.37. The Hall–Kier alpha value is -1.76. The largest absolute Gasteiger partial charge is 0.492 e. The number of carbonyl (C=O) groups is 2. The van der Waals surface area contributed by atoms with E-state index in [1.807, 2.05) is 6.92 Å². The molecule has 1 aromatic carbocycles. The number of primary amides is 1. The fourth-order valence-electron chi connectivity index (χ4n) is 1.99. The van der Waals surface area contributed by atoms with Crippen LogP contribution in [0.5, 0.6) is 5.75 Å². The molecule has 0 saturated carbocycles. The van der Waals surface area contributed by atoms with Gasteiger partial charge < -0.3 is 15.8 Å². The summed E-state index contributed by atoms with van der Waals surface area (Å²) in [6.07, 6.45) is 0.751. The predicted octanol–water partition coefficient (Wildman–Crippen LogP) is 4.26. The Morgan fingerprint density at radius 3 is 2.71 bits per heavy atom. The van der Waals surface area contributed by atoms with Gasteiger partial charge in [0.05, 0.1) is 17.2 Å². The molecule has 0 unspecified atom stereocenters. The Balaban J connectivity index is 1.80. The monoisotopic (exact) mass is 386 g/mol. The summed E-state index contributed by atoms with van der Waals surface area (Å²) < 4.78 is 5.52. The third-order valence-electron chi connectivity index (χ3n) is 3.07. The van der Waals surface area contributed by atoms with E-state index in [9.17, 15) is 9.59 Å². The predicted molar refractivity (Wildman–Crippen MR) is 97.4 cm³/mol. The summed E-state index contributed by atoms with van der Waals surface area (Å²) in [7, 11) is 0. The highest BCUT2D eigenvalue weighted by atomic mass is 35.5. The van der Waals surface area contributed by atoms with Crippen molar-refractivity contribution in [2.45, 2.75) is 19.8 Å². The number of thiophene rings is 1. The van der Waals surface area contributed by atoms with Crippen LogP contribution in [0.15, 0.2) is 24.3 Å². The first kappa shape index (κ1) is 18.6. The molecule has 0 spiro atoms. The molecule has 0 aliphatic heterocycles. The van der Waals surface area contributed by atoms with Crippen LogP contribution in [0.25, 0.3) is 0 Å². The van der Waals surface area contributed by atoms with Crippen molar-refractivity contribution in [3.8, 4) is 5.75 Å². The van der Waals surface area contributed by atoms with E-state index in [4.69, 9.17) is 33.7 Å². The molecule has 0 fully saturated rings. The van der Waals surface area contributed by atoms with Gasteiger partial charge in [0.1, 0.15) is 10.8 Å². The Morgan fingerprint density at radius 1 is 1.29 bits per heavy atom. The highest BCUT2D eigenvalue weighted by Gasteiger charge is 2.14. The van der Waals surface area contributed by atoms with E-state index in [0.29, 0.717) is 39.4 Å². The van der Waals surface area contributed by atoms with Gasteiger partial charge in [0.15, 0.2) is 0 Å². The van der Waals surface area contributed by atoms with Crippen molar-refractivity contribution in [2.24, 2.45) is 5.73 Å². The van der Waals surface area contributed by atoms with Crippen molar-refractivity contribution in [3.63, 3.8) is 0 Å². The van der Waals surface area contributed by atoms with Crippen LogP contribution in [-0.2, 0) is 4.79 Å². The number of halogens is 2. The number of amides is 2. The molecular formula is C16H16Cl2N2O3S. The van der Waals surface area contributed by atoms with Crippen molar-refractivity contribution in [1.29, 1.82) is 0 Å². The lowest BCUT2D eigenvalue weighted by molar-refractivity contribution is -0.116. The molecule has 8 heteroatoms. The molecule has 2 amide bonds. The minimum atomic E-state index is -0.560. The Kier molecular flexibility index (Phi) is 6.48. The van der Waals surface area contributed by atoms with Crippen molar-refractivity contribution >= 4 is 51.4 Å². The van der Waals surface area contributed by atoms with Crippen LogP contribution in [0, 0.1) is 6.92 Å². The second-order valence-electron chi connectivity index (χ2n) is 5.04. The SMILES string of the molecule is Cc1cc(C(N)=O)c(NC(=O)CCCOc2ccc(Cl)cc2Cl)s1. The first-order valence-corrected chi connectivity index (χ1v) is 8.72. The molecule has 0 atom stereocenters. The number of ether oxygens (including phenoxy) is 1. The second-order valence-corrected chi connectivity index (χ2v) is 7.14. The highest BCUT2D eigenvalue weighted by molar-refractivity contribution is 7.16. The maximum Gasteiger partial charge on any atom is 0.251 e. The minimum absolute atomic E-state index is 0.204. The first-order chi connectivity index (χ1) is 11.4. The number of hydrogen-bond acceptors (Lipinski definition) is 4. The Morgan fingerprint density at radius 2 is 2.04 bits per heavy atom. The molecule has 24 heavy (non-hydrogen) atoms. The summed E-state index contributed by atoms with van der Waals surface area (Å²) in [5.74, 6) is -0.244. The Labute approximate surface area is 153 Å². The van der Waals surface area contributed by atoms with Crippen LogP contribution in [-0.4, -0.2) is 18.4 Å². The molecule has 0 aliphatic carbocycles. The van der Waals surface area contributed by atoms with Crippen LogP contribution < -0.4 is 15.8 Å². The average molecular weight is 387 g/mol. The molecule has 0 bridgehead atoms. The summed E-state index contributed by atoms with van der Waals surface area (Å²) >= 11 is 13.1. The molecule has 3 N–H and O–H groups in total. The lowest BCUT2D eigenvalue weighted by atomic mass is 10.2. The van der Waals surface area contributed by atoms with Crippen molar-refractivity contribution in [2.75, 3.05) is 11.9 Å². The van der Waals surface area contributed by atoms with Gasteiger partial charge in [-0.05, 0) is 37.6 Å². The summed E-state index contributed by atoms with van der Waals surface area (Å²) in [6, 6.07) is 6.61. The maximum absolute atomic E-state index is 12.0. The quantitative estimate of drug-likeness (QED) is 0.697. The lowest BCUT2D eigenvalue weighted by Crippen LogP contribution is -2.16. The van der Waals surface area contributed by atoms with E-state index in [2.05, 4.69) is 5.32 Å². The summed E-state index contributed by atoms with van der Waals surface area (Å²) in [4.78, 5) is 24.2. The van der Waals surface area contributed by atoms with E-state index in [1.54, 1.807) is 24.3 Å². The Bertz CT molecular complexity index is 762. The highest BCUT2D eigenvalue weighted by Crippen LogP contribution is 2.28. The smallest absolute Gasteiger partial charge is 0.251 e. The third-order valence-corrected chi connectivity index (χ3v) is 4.57. The number of nitrogens with two attached hydrogens (primary N) is 1. The van der Waals surface area contributed by atoms with E-state index in [0.717, 1.165) is 4.88 Å². The molecule has 1 aromatic heterocycles. The lowest BCUT2D eigenvalue weighted by Gasteiger charge is -2.08. The van der Waals surface area contributed by atoms with Gasteiger partial charge in [-0.2, -0.15) is 0 Å². The zero-order valence-electron chi connectivity index (χ0n) is 12.9. The van der Waals surface area contributed by atoms with Gasteiger partial charge in [-0.15, -0.1) is 11.3 Å². The molecule has 0 radical (unpaired) electrons. The number of benzene rings is 1. The van der Waals surface area contributed by atoms with Gasteiger partial charge in [-0.1, -0.05) is 23.2 Å². The normalized spacial score (nSPS) is 10.5. The van der Waals surface area contributed by atoms with Gasteiger partial charge in [0, 0.05) is 16.3 Å². The average Bonchev–Trinajstić information content (AvgIpc) is 2.86. The van der Waals surface area contributed by atoms with Crippen LogP contribution in [0.1, 0.15) is 28.1 Å². The van der Waals surface area contributed by atoms with Gasteiger partial charge in [0.25, 0.3) is 5.91 Å². The number of aryl methyl sites for hydroxylation is 1. The molecule has 1 heterocycles.